The minimum absolute atomic E-state index is 0.00227. The van der Waals surface area contributed by atoms with Gasteiger partial charge in [-0.1, -0.05) is 11.6 Å². The topological polar surface area (TPSA) is 69.4 Å². The van der Waals surface area contributed by atoms with Crippen molar-refractivity contribution in [1.82, 2.24) is 0 Å². The van der Waals surface area contributed by atoms with Crippen molar-refractivity contribution in [3.63, 3.8) is 0 Å². The highest BCUT2D eigenvalue weighted by Gasteiger charge is 2.20. The Kier molecular flexibility index (Phi) is 4.48. The van der Waals surface area contributed by atoms with Gasteiger partial charge >= 0.3 is 5.97 Å². The van der Waals surface area contributed by atoms with Crippen LogP contribution in [0.25, 0.3) is 0 Å². The lowest BCUT2D eigenvalue weighted by Gasteiger charge is -2.05. The van der Waals surface area contributed by atoms with Gasteiger partial charge in [0.05, 0.1) is 17.1 Å². The minimum atomic E-state index is -0.638. The number of hydrogen-bond acceptors (Lipinski definition) is 4. The molecule has 1 aromatic rings. The van der Waals surface area contributed by atoms with Crippen LogP contribution >= 0.6 is 34.2 Å². The molecular weight excluding hydrogens is 348 g/mol. The molecule has 0 heterocycles. The molecule has 0 saturated carbocycles. The van der Waals surface area contributed by atoms with E-state index in [-0.39, 0.29) is 22.9 Å². The monoisotopic (exact) mass is 355 g/mol. The zero-order chi connectivity index (χ0) is 12.3. The van der Waals surface area contributed by atoms with E-state index in [1.165, 1.54) is 6.07 Å². The van der Waals surface area contributed by atoms with Crippen LogP contribution in [-0.2, 0) is 4.74 Å². The summed E-state index contributed by atoms with van der Waals surface area (Å²) in [6, 6.07) is 2.49. The number of esters is 1. The fraction of sp³-hybridized carbons (Fsp3) is 0.222. The molecular formula is C9H7ClINO4. The molecule has 0 N–H and O–H groups in total. The highest BCUT2D eigenvalue weighted by molar-refractivity contribution is 14.1. The molecule has 0 saturated heterocycles. The molecule has 0 radical (unpaired) electrons. The summed E-state index contributed by atoms with van der Waals surface area (Å²) >= 11 is 7.55. The smallest absolute Gasteiger partial charge is 0.339 e. The first-order valence-corrected chi connectivity index (χ1v) is 5.73. The van der Waals surface area contributed by atoms with Crippen LogP contribution in [0.1, 0.15) is 17.3 Å². The molecule has 0 aliphatic carbocycles. The average molecular weight is 356 g/mol. The van der Waals surface area contributed by atoms with Gasteiger partial charge in [0.15, 0.2) is 0 Å². The molecule has 5 nitrogen and oxygen atoms in total. The standard InChI is InChI=1S/C9H7ClINO4/c1-2-16-9(13)5-3-8(12(14)15)6(10)4-7(5)11/h3-4H,2H2,1H3. The van der Waals surface area contributed by atoms with Crippen LogP contribution in [0.5, 0.6) is 0 Å². The number of rotatable bonds is 3. The fourth-order valence-electron chi connectivity index (χ4n) is 1.04. The molecule has 0 unspecified atom stereocenters. The molecule has 0 fully saturated rings. The number of carbonyl (C=O) groups excluding carboxylic acids is 1. The zero-order valence-electron chi connectivity index (χ0n) is 8.20. The van der Waals surface area contributed by atoms with Gasteiger partial charge in [0, 0.05) is 9.64 Å². The highest BCUT2D eigenvalue weighted by atomic mass is 127. The molecule has 0 amide bonds. The molecule has 1 aromatic carbocycles. The molecule has 0 aliphatic rings. The van der Waals surface area contributed by atoms with Crippen LogP contribution in [0.2, 0.25) is 5.02 Å². The summed E-state index contributed by atoms with van der Waals surface area (Å²) in [6.45, 7) is 1.88. The van der Waals surface area contributed by atoms with E-state index < -0.39 is 10.9 Å². The van der Waals surface area contributed by atoms with Crippen molar-refractivity contribution in [3.8, 4) is 0 Å². The Morgan fingerprint density at radius 2 is 2.25 bits per heavy atom. The lowest BCUT2D eigenvalue weighted by Crippen LogP contribution is -2.07. The first-order valence-electron chi connectivity index (χ1n) is 4.28. The van der Waals surface area contributed by atoms with Crippen LogP contribution in [0.4, 0.5) is 5.69 Å². The molecule has 0 aromatic heterocycles. The van der Waals surface area contributed by atoms with Gasteiger partial charge in [-0.3, -0.25) is 10.1 Å². The van der Waals surface area contributed by atoms with Gasteiger partial charge in [-0.05, 0) is 35.6 Å². The third-order valence-corrected chi connectivity index (χ3v) is 2.92. The lowest BCUT2D eigenvalue weighted by molar-refractivity contribution is -0.384. The van der Waals surface area contributed by atoms with Gasteiger partial charge in [0.2, 0.25) is 0 Å². The van der Waals surface area contributed by atoms with E-state index >= 15 is 0 Å². The summed E-state index contributed by atoms with van der Waals surface area (Å²) in [4.78, 5) is 21.5. The van der Waals surface area contributed by atoms with Crippen LogP contribution in [-0.4, -0.2) is 17.5 Å². The SMILES string of the molecule is CCOC(=O)c1cc([N+](=O)[O-])c(Cl)cc1I. The molecule has 0 bridgehead atoms. The molecule has 0 spiro atoms. The summed E-state index contributed by atoms with van der Waals surface area (Å²) in [5.41, 5.74) is -0.149. The third-order valence-electron chi connectivity index (χ3n) is 1.73. The normalized spacial score (nSPS) is 9.94. The summed E-state index contributed by atoms with van der Waals surface area (Å²) < 4.78 is 5.29. The second-order valence-electron chi connectivity index (χ2n) is 2.76. The number of ether oxygens (including phenoxy) is 1. The number of nitro benzene ring substituents is 1. The fourth-order valence-corrected chi connectivity index (χ4v) is 2.15. The van der Waals surface area contributed by atoms with Crippen molar-refractivity contribution in [2.75, 3.05) is 6.61 Å². The van der Waals surface area contributed by atoms with E-state index in [0.29, 0.717) is 3.57 Å². The Morgan fingerprint density at radius 1 is 1.62 bits per heavy atom. The maximum absolute atomic E-state index is 11.5. The van der Waals surface area contributed by atoms with Crippen molar-refractivity contribution in [1.29, 1.82) is 0 Å². The maximum atomic E-state index is 11.5. The van der Waals surface area contributed by atoms with Crippen molar-refractivity contribution in [2.45, 2.75) is 6.92 Å². The summed E-state index contributed by atoms with van der Waals surface area (Å²) in [5, 5.41) is 10.6. The predicted molar refractivity (Wildman–Crippen MR) is 66.8 cm³/mol. The van der Waals surface area contributed by atoms with Gasteiger partial charge < -0.3 is 4.74 Å². The lowest BCUT2D eigenvalue weighted by atomic mass is 10.2. The van der Waals surface area contributed by atoms with Gasteiger partial charge in [0.1, 0.15) is 5.02 Å². The predicted octanol–water partition coefficient (Wildman–Crippen LogP) is 3.03. The van der Waals surface area contributed by atoms with Crippen LogP contribution in [0.3, 0.4) is 0 Å². The van der Waals surface area contributed by atoms with Crippen molar-refractivity contribution in [2.24, 2.45) is 0 Å². The Bertz CT molecular complexity index is 449. The second kappa shape index (κ2) is 5.44. The van der Waals surface area contributed by atoms with Crippen molar-refractivity contribution < 1.29 is 14.5 Å². The Balaban J connectivity index is 3.24. The molecule has 86 valence electrons. The molecule has 16 heavy (non-hydrogen) atoms. The van der Waals surface area contributed by atoms with E-state index in [2.05, 4.69) is 0 Å². The van der Waals surface area contributed by atoms with E-state index in [9.17, 15) is 14.9 Å². The Hall–Kier alpha value is -0.890. The van der Waals surface area contributed by atoms with E-state index in [0.717, 1.165) is 6.07 Å². The quantitative estimate of drug-likeness (QED) is 0.362. The number of carbonyl (C=O) groups is 1. The van der Waals surface area contributed by atoms with Crippen molar-refractivity contribution in [3.05, 3.63) is 36.4 Å². The van der Waals surface area contributed by atoms with Gasteiger partial charge in [-0.2, -0.15) is 0 Å². The molecule has 0 atom stereocenters. The summed E-state index contributed by atoms with van der Waals surface area (Å²) in [6.07, 6.45) is 0. The number of nitro groups is 1. The van der Waals surface area contributed by atoms with E-state index in [4.69, 9.17) is 16.3 Å². The number of hydrogen-bond donors (Lipinski definition) is 0. The molecule has 7 heteroatoms. The van der Waals surface area contributed by atoms with Crippen LogP contribution in [0.15, 0.2) is 12.1 Å². The van der Waals surface area contributed by atoms with Crippen LogP contribution in [0, 0.1) is 13.7 Å². The van der Waals surface area contributed by atoms with Gasteiger partial charge in [-0.25, -0.2) is 4.79 Å². The molecule has 1 rings (SSSR count). The largest absolute Gasteiger partial charge is 0.462 e. The maximum Gasteiger partial charge on any atom is 0.339 e. The average Bonchev–Trinajstić information content (AvgIpc) is 2.17. The zero-order valence-corrected chi connectivity index (χ0v) is 11.1. The minimum Gasteiger partial charge on any atom is -0.462 e. The summed E-state index contributed by atoms with van der Waals surface area (Å²) in [7, 11) is 0. The number of halogens is 2. The van der Waals surface area contributed by atoms with Gasteiger partial charge in [-0.15, -0.1) is 0 Å². The number of benzene rings is 1. The summed E-state index contributed by atoms with van der Waals surface area (Å²) in [5.74, 6) is -0.591. The molecule has 0 aliphatic heterocycles. The Morgan fingerprint density at radius 3 is 2.75 bits per heavy atom. The van der Waals surface area contributed by atoms with Gasteiger partial charge in [0.25, 0.3) is 5.69 Å². The van der Waals surface area contributed by atoms with E-state index in [1.54, 1.807) is 6.92 Å². The second-order valence-corrected chi connectivity index (χ2v) is 4.33. The first kappa shape index (κ1) is 13.2. The van der Waals surface area contributed by atoms with E-state index in [1.807, 2.05) is 22.6 Å². The van der Waals surface area contributed by atoms with Crippen molar-refractivity contribution >= 4 is 45.8 Å². The third kappa shape index (κ3) is 2.82. The Labute approximate surface area is 110 Å². The first-order chi connectivity index (χ1) is 7.47. The highest BCUT2D eigenvalue weighted by Crippen LogP contribution is 2.29. The number of nitrogens with zero attached hydrogens (tertiary/aromatic N) is 1. The van der Waals surface area contributed by atoms with Crippen LogP contribution < -0.4 is 0 Å².